The molecule has 30 heavy (non-hydrogen) atoms. The molecule has 4 N–H and O–H groups in total. The molecule has 0 saturated heterocycles. The smallest absolute Gasteiger partial charge is 0.248 e. The standard InChI is InChI=1S/C24H24N4O2/c1-3-28-21-7-5-4-6-19(21)20-14-18(12-13-22(20)28)26-15(2)24(30)27-17-10-8-16(9-11-17)23(25)29/h4-15,26H,3H2,1-2H3,(H2,25,29)(H,27,30). The zero-order valence-corrected chi connectivity index (χ0v) is 17.0. The van der Waals surface area contributed by atoms with Crippen LogP contribution in [-0.2, 0) is 11.3 Å². The number of carbonyl (C=O) groups excluding carboxylic acids is 2. The van der Waals surface area contributed by atoms with Gasteiger partial charge in [-0.1, -0.05) is 18.2 Å². The maximum atomic E-state index is 12.6. The van der Waals surface area contributed by atoms with Gasteiger partial charge in [0.25, 0.3) is 0 Å². The van der Waals surface area contributed by atoms with Crippen molar-refractivity contribution in [3.05, 3.63) is 72.3 Å². The molecule has 1 unspecified atom stereocenters. The highest BCUT2D eigenvalue weighted by atomic mass is 16.2. The molecule has 0 aliphatic rings. The van der Waals surface area contributed by atoms with Gasteiger partial charge in [0, 0.05) is 45.3 Å². The number of hydrogen-bond acceptors (Lipinski definition) is 3. The van der Waals surface area contributed by atoms with Crippen LogP contribution in [0.1, 0.15) is 24.2 Å². The molecule has 1 aromatic heterocycles. The number of aryl methyl sites for hydroxylation is 1. The van der Waals surface area contributed by atoms with Crippen molar-refractivity contribution in [2.75, 3.05) is 10.6 Å². The number of rotatable bonds is 6. The third kappa shape index (κ3) is 3.59. The number of primary amides is 1. The molecule has 3 aromatic carbocycles. The molecule has 6 heteroatoms. The van der Waals surface area contributed by atoms with Crippen LogP contribution in [0.3, 0.4) is 0 Å². The molecule has 1 heterocycles. The molecule has 152 valence electrons. The quantitative estimate of drug-likeness (QED) is 0.449. The number of aromatic nitrogens is 1. The van der Waals surface area contributed by atoms with Crippen LogP contribution < -0.4 is 16.4 Å². The second-order valence-electron chi connectivity index (χ2n) is 7.29. The normalized spacial score (nSPS) is 12.1. The van der Waals surface area contributed by atoms with Gasteiger partial charge >= 0.3 is 0 Å². The minimum absolute atomic E-state index is 0.169. The van der Waals surface area contributed by atoms with Gasteiger partial charge in [-0.05, 0) is 62.4 Å². The summed E-state index contributed by atoms with van der Waals surface area (Å²) in [6.07, 6.45) is 0. The molecule has 0 aliphatic carbocycles. The Balaban J connectivity index is 1.53. The number of benzene rings is 3. The molecule has 0 aliphatic heterocycles. The molecular formula is C24H24N4O2. The first-order valence-corrected chi connectivity index (χ1v) is 9.96. The van der Waals surface area contributed by atoms with E-state index in [1.165, 1.54) is 16.4 Å². The van der Waals surface area contributed by atoms with Gasteiger partial charge in [-0.2, -0.15) is 0 Å². The van der Waals surface area contributed by atoms with E-state index in [2.05, 4.69) is 52.5 Å². The molecule has 4 aromatic rings. The minimum atomic E-state index is -0.497. The first kappa shape index (κ1) is 19.5. The van der Waals surface area contributed by atoms with Crippen molar-refractivity contribution in [3.63, 3.8) is 0 Å². The van der Waals surface area contributed by atoms with Crippen molar-refractivity contribution in [3.8, 4) is 0 Å². The molecule has 0 spiro atoms. The van der Waals surface area contributed by atoms with Crippen molar-refractivity contribution < 1.29 is 9.59 Å². The predicted molar refractivity (Wildman–Crippen MR) is 122 cm³/mol. The monoisotopic (exact) mass is 400 g/mol. The number of hydrogen-bond donors (Lipinski definition) is 3. The number of nitrogens with zero attached hydrogens (tertiary/aromatic N) is 1. The van der Waals surface area contributed by atoms with Crippen LogP contribution in [-0.4, -0.2) is 22.4 Å². The van der Waals surface area contributed by atoms with Crippen LogP contribution in [0.5, 0.6) is 0 Å². The van der Waals surface area contributed by atoms with E-state index in [-0.39, 0.29) is 5.91 Å². The molecule has 2 amide bonds. The SMILES string of the molecule is CCn1c2ccccc2c2cc(NC(C)C(=O)Nc3ccc(C(N)=O)cc3)ccc21. The zero-order valence-electron chi connectivity index (χ0n) is 17.0. The number of anilines is 2. The summed E-state index contributed by atoms with van der Waals surface area (Å²) in [6, 6.07) is 20.6. The summed E-state index contributed by atoms with van der Waals surface area (Å²) in [4.78, 5) is 23.8. The molecule has 0 radical (unpaired) electrons. The van der Waals surface area contributed by atoms with Gasteiger partial charge in [0.1, 0.15) is 6.04 Å². The number of nitrogens with one attached hydrogen (secondary N) is 2. The summed E-state index contributed by atoms with van der Waals surface area (Å²) in [6.45, 7) is 4.84. The Morgan fingerprint density at radius 2 is 1.60 bits per heavy atom. The number of para-hydroxylation sites is 1. The van der Waals surface area contributed by atoms with Gasteiger partial charge in [0.15, 0.2) is 0 Å². The Labute approximate surface area is 174 Å². The Kier molecular flexibility index (Phi) is 5.14. The van der Waals surface area contributed by atoms with E-state index in [1.807, 2.05) is 19.1 Å². The lowest BCUT2D eigenvalue weighted by Crippen LogP contribution is -2.31. The predicted octanol–water partition coefficient (Wildman–Crippen LogP) is 4.35. The lowest BCUT2D eigenvalue weighted by Gasteiger charge is -2.16. The number of fused-ring (bicyclic) bond motifs is 3. The van der Waals surface area contributed by atoms with Crippen LogP contribution in [0.25, 0.3) is 21.8 Å². The van der Waals surface area contributed by atoms with Crippen LogP contribution in [0.4, 0.5) is 11.4 Å². The van der Waals surface area contributed by atoms with Gasteiger partial charge < -0.3 is 20.9 Å². The highest BCUT2D eigenvalue weighted by Gasteiger charge is 2.15. The van der Waals surface area contributed by atoms with E-state index < -0.39 is 11.9 Å². The highest BCUT2D eigenvalue weighted by molar-refractivity contribution is 6.09. The maximum absolute atomic E-state index is 12.6. The fourth-order valence-electron chi connectivity index (χ4n) is 3.77. The summed E-state index contributed by atoms with van der Waals surface area (Å²) >= 11 is 0. The largest absolute Gasteiger partial charge is 0.374 e. The van der Waals surface area contributed by atoms with E-state index in [0.29, 0.717) is 11.3 Å². The van der Waals surface area contributed by atoms with Crippen molar-refractivity contribution >= 4 is 45.0 Å². The summed E-state index contributed by atoms with van der Waals surface area (Å²) in [5.41, 5.74) is 9.52. The minimum Gasteiger partial charge on any atom is -0.374 e. The second kappa shape index (κ2) is 7.91. The topological polar surface area (TPSA) is 89.2 Å². The molecular weight excluding hydrogens is 376 g/mol. The van der Waals surface area contributed by atoms with Crippen LogP contribution in [0, 0.1) is 0 Å². The van der Waals surface area contributed by atoms with E-state index >= 15 is 0 Å². The van der Waals surface area contributed by atoms with Gasteiger partial charge in [-0.3, -0.25) is 9.59 Å². The third-order valence-electron chi connectivity index (χ3n) is 5.30. The van der Waals surface area contributed by atoms with Crippen molar-refractivity contribution in [1.29, 1.82) is 0 Å². The Bertz CT molecular complexity index is 1240. The van der Waals surface area contributed by atoms with E-state index in [9.17, 15) is 9.59 Å². The van der Waals surface area contributed by atoms with E-state index in [1.54, 1.807) is 24.3 Å². The van der Waals surface area contributed by atoms with Crippen molar-refractivity contribution in [2.45, 2.75) is 26.4 Å². The molecule has 6 nitrogen and oxygen atoms in total. The molecule has 0 bridgehead atoms. The Morgan fingerprint density at radius 1 is 0.933 bits per heavy atom. The first-order chi connectivity index (χ1) is 14.5. The summed E-state index contributed by atoms with van der Waals surface area (Å²) in [7, 11) is 0. The number of nitrogens with two attached hydrogens (primary N) is 1. The average Bonchev–Trinajstić information content (AvgIpc) is 3.07. The van der Waals surface area contributed by atoms with Gasteiger partial charge in [-0.15, -0.1) is 0 Å². The van der Waals surface area contributed by atoms with Gasteiger partial charge in [0.05, 0.1) is 0 Å². The Hall–Kier alpha value is -3.80. The van der Waals surface area contributed by atoms with E-state index in [0.717, 1.165) is 17.6 Å². The maximum Gasteiger partial charge on any atom is 0.248 e. The van der Waals surface area contributed by atoms with Gasteiger partial charge in [0.2, 0.25) is 11.8 Å². The molecule has 0 fully saturated rings. The lowest BCUT2D eigenvalue weighted by molar-refractivity contribution is -0.116. The third-order valence-corrected chi connectivity index (χ3v) is 5.30. The highest BCUT2D eigenvalue weighted by Crippen LogP contribution is 2.31. The van der Waals surface area contributed by atoms with Crippen LogP contribution in [0.15, 0.2) is 66.7 Å². The molecule has 4 rings (SSSR count). The number of amides is 2. The fraction of sp³-hybridized carbons (Fsp3) is 0.167. The van der Waals surface area contributed by atoms with Crippen LogP contribution >= 0.6 is 0 Å². The molecule has 1 atom stereocenters. The Morgan fingerprint density at radius 3 is 2.30 bits per heavy atom. The average molecular weight is 400 g/mol. The van der Waals surface area contributed by atoms with Crippen LogP contribution in [0.2, 0.25) is 0 Å². The first-order valence-electron chi connectivity index (χ1n) is 9.96. The fourth-order valence-corrected chi connectivity index (χ4v) is 3.77. The van der Waals surface area contributed by atoms with Crippen molar-refractivity contribution in [1.82, 2.24) is 4.57 Å². The zero-order chi connectivity index (χ0) is 21.3. The summed E-state index contributed by atoms with van der Waals surface area (Å²) in [5, 5.41) is 8.49. The lowest BCUT2D eigenvalue weighted by atomic mass is 10.1. The molecule has 0 saturated carbocycles. The van der Waals surface area contributed by atoms with E-state index in [4.69, 9.17) is 5.73 Å². The number of carbonyl (C=O) groups is 2. The summed E-state index contributed by atoms with van der Waals surface area (Å²) in [5.74, 6) is -0.666. The summed E-state index contributed by atoms with van der Waals surface area (Å²) < 4.78 is 2.29. The second-order valence-corrected chi connectivity index (χ2v) is 7.29. The van der Waals surface area contributed by atoms with Crippen molar-refractivity contribution in [2.24, 2.45) is 5.73 Å². The van der Waals surface area contributed by atoms with Gasteiger partial charge in [-0.25, -0.2) is 0 Å².